The van der Waals surface area contributed by atoms with Gasteiger partial charge in [-0.25, -0.2) is 4.98 Å². The van der Waals surface area contributed by atoms with Crippen LogP contribution in [0.1, 0.15) is 48.5 Å². The number of aromatic nitrogens is 1. The van der Waals surface area contributed by atoms with Crippen LogP contribution in [-0.2, 0) is 9.53 Å². The van der Waals surface area contributed by atoms with Crippen LogP contribution in [0.3, 0.4) is 0 Å². The van der Waals surface area contributed by atoms with Gasteiger partial charge in [0.05, 0.1) is 24.3 Å². The van der Waals surface area contributed by atoms with Crippen molar-refractivity contribution >= 4 is 50.9 Å². The van der Waals surface area contributed by atoms with E-state index in [0.29, 0.717) is 36.0 Å². The molecule has 154 valence electrons. The first-order valence-electron chi connectivity index (χ1n) is 9.49. The van der Waals surface area contributed by atoms with Crippen LogP contribution in [0.15, 0.2) is 34.9 Å². The summed E-state index contributed by atoms with van der Waals surface area (Å²) in [5.41, 5.74) is 2.27. The van der Waals surface area contributed by atoms with Crippen molar-refractivity contribution in [1.29, 1.82) is 0 Å². The molecule has 1 fully saturated rings. The van der Waals surface area contributed by atoms with E-state index in [1.807, 2.05) is 26.0 Å². The number of halogens is 2. The Balaban J connectivity index is 1.73. The van der Waals surface area contributed by atoms with Gasteiger partial charge in [0.25, 0.3) is 5.91 Å². The lowest BCUT2D eigenvalue weighted by molar-refractivity contribution is -0.149. The zero-order valence-corrected chi connectivity index (χ0v) is 18.6. The molecule has 29 heavy (non-hydrogen) atoms. The van der Waals surface area contributed by atoms with Gasteiger partial charge in [-0.05, 0) is 64.0 Å². The minimum absolute atomic E-state index is 0.110. The Morgan fingerprint density at radius 3 is 2.86 bits per heavy atom. The molecule has 3 rings (SSSR count). The van der Waals surface area contributed by atoms with Gasteiger partial charge in [0.2, 0.25) is 0 Å². The van der Waals surface area contributed by atoms with Crippen molar-refractivity contribution in [3.63, 3.8) is 0 Å². The number of hydrogen-bond donors (Lipinski definition) is 2. The fourth-order valence-electron chi connectivity index (χ4n) is 3.18. The van der Waals surface area contributed by atoms with Crippen molar-refractivity contribution in [2.45, 2.75) is 32.6 Å². The van der Waals surface area contributed by atoms with Crippen LogP contribution in [0.25, 0.3) is 0 Å². The zero-order valence-electron chi connectivity index (χ0n) is 16.3. The fraction of sp³-hybridized carbons (Fsp3) is 0.381. The lowest BCUT2D eigenvalue weighted by Crippen LogP contribution is -2.34. The molecular weight excluding hydrogens is 458 g/mol. The maximum absolute atomic E-state index is 12.7. The number of ether oxygens (including phenoxy) is 1. The predicted molar refractivity (Wildman–Crippen MR) is 117 cm³/mol. The highest BCUT2D eigenvalue weighted by Gasteiger charge is 2.22. The van der Waals surface area contributed by atoms with Gasteiger partial charge in [-0.2, -0.15) is 0 Å². The highest BCUT2D eigenvalue weighted by atomic mass is 79.9. The topological polar surface area (TPSA) is 80.3 Å². The molecule has 1 aromatic heterocycles. The Morgan fingerprint density at radius 2 is 2.17 bits per heavy atom. The predicted octanol–water partition coefficient (Wildman–Crippen LogP) is 5.05. The Hall–Kier alpha value is -2.12. The number of rotatable bonds is 6. The Bertz CT molecular complexity index is 920. The summed E-state index contributed by atoms with van der Waals surface area (Å²) >= 11 is 9.47. The van der Waals surface area contributed by atoms with E-state index in [1.165, 1.54) is 0 Å². The van der Waals surface area contributed by atoms with E-state index in [9.17, 15) is 9.59 Å². The number of nitrogens with zero attached hydrogens (tertiary/aromatic N) is 1. The van der Waals surface area contributed by atoms with Crippen LogP contribution < -0.4 is 10.6 Å². The Kier molecular flexibility index (Phi) is 7.14. The maximum Gasteiger partial charge on any atom is 0.306 e. The zero-order chi connectivity index (χ0) is 21.0. The molecular formula is C21H23BrClN3O3. The van der Waals surface area contributed by atoms with Crippen LogP contribution in [-0.4, -0.2) is 30.0 Å². The van der Waals surface area contributed by atoms with Gasteiger partial charge in [-0.15, -0.1) is 0 Å². The minimum Gasteiger partial charge on any atom is -0.466 e. The summed E-state index contributed by atoms with van der Waals surface area (Å²) in [6.07, 6.45) is 2.69. The third-order valence-electron chi connectivity index (χ3n) is 4.79. The van der Waals surface area contributed by atoms with E-state index in [4.69, 9.17) is 16.3 Å². The quantitative estimate of drug-likeness (QED) is 0.566. The van der Waals surface area contributed by atoms with Gasteiger partial charge >= 0.3 is 5.97 Å². The summed E-state index contributed by atoms with van der Waals surface area (Å²) < 4.78 is 5.77. The second kappa shape index (κ2) is 9.59. The molecule has 0 bridgehead atoms. The summed E-state index contributed by atoms with van der Waals surface area (Å²) in [5.74, 6) is 0.503. The third kappa shape index (κ3) is 5.70. The first kappa shape index (κ1) is 21.6. The summed E-state index contributed by atoms with van der Waals surface area (Å²) in [4.78, 5) is 28.6. The minimum atomic E-state index is -0.205. The third-order valence-corrected chi connectivity index (χ3v) is 5.68. The number of nitrogens with one attached hydrogen (secondary N) is 2. The lowest BCUT2D eigenvalue weighted by atomic mass is 9.97. The van der Waals surface area contributed by atoms with Crippen molar-refractivity contribution in [2.75, 3.05) is 18.5 Å². The highest BCUT2D eigenvalue weighted by Crippen LogP contribution is 2.30. The summed E-state index contributed by atoms with van der Waals surface area (Å²) in [5, 5.41) is 6.83. The molecule has 8 heteroatoms. The van der Waals surface area contributed by atoms with E-state index in [0.717, 1.165) is 22.1 Å². The van der Waals surface area contributed by atoms with Gasteiger partial charge in [0, 0.05) is 22.2 Å². The largest absolute Gasteiger partial charge is 0.466 e. The molecule has 2 aromatic rings. The lowest BCUT2D eigenvalue weighted by Gasteiger charge is -2.22. The van der Waals surface area contributed by atoms with E-state index >= 15 is 0 Å². The van der Waals surface area contributed by atoms with Crippen LogP contribution >= 0.6 is 27.5 Å². The molecule has 1 aromatic carbocycles. The molecule has 1 aliphatic rings. The molecule has 1 unspecified atom stereocenters. The van der Waals surface area contributed by atoms with Crippen LogP contribution in [0, 0.1) is 5.92 Å². The molecule has 1 amide bonds. The van der Waals surface area contributed by atoms with Crippen molar-refractivity contribution in [3.8, 4) is 0 Å². The second-order valence-corrected chi connectivity index (χ2v) is 8.64. The van der Waals surface area contributed by atoms with E-state index in [2.05, 4.69) is 31.5 Å². The Labute approximate surface area is 183 Å². The maximum atomic E-state index is 12.7. The second-order valence-electron chi connectivity index (χ2n) is 7.35. The number of carbonyl (C=O) groups is 2. The molecule has 1 aliphatic heterocycles. The van der Waals surface area contributed by atoms with Crippen molar-refractivity contribution in [1.82, 2.24) is 10.3 Å². The fourth-order valence-corrected chi connectivity index (χ4v) is 3.96. The molecule has 1 saturated heterocycles. The van der Waals surface area contributed by atoms with Crippen LogP contribution in [0.5, 0.6) is 0 Å². The number of amides is 1. The van der Waals surface area contributed by atoms with Gasteiger partial charge in [0.15, 0.2) is 0 Å². The number of hydrogen-bond acceptors (Lipinski definition) is 5. The first-order chi connectivity index (χ1) is 13.8. The SMILES string of the molecule is CC(C)c1cc(Nc2ccc(Cl)cc2Br)ncc1C(=O)NCC1CCOC(=O)C1. The molecule has 6 nitrogen and oxygen atoms in total. The number of carbonyl (C=O) groups excluding carboxylic acids is 2. The molecule has 0 aliphatic carbocycles. The molecule has 1 atom stereocenters. The highest BCUT2D eigenvalue weighted by molar-refractivity contribution is 9.10. The number of anilines is 2. The van der Waals surface area contributed by atoms with Gasteiger partial charge < -0.3 is 15.4 Å². The normalized spacial score (nSPS) is 16.4. The molecule has 0 radical (unpaired) electrons. The van der Waals surface area contributed by atoms with Gasteiger partial charge in [-0.1, -0.05) is 25.4 Å². The average molecular weight is 481 g/mol. The monoisotopic (exact) mass is 479 g/mol. The van der Waals surface area contributed by atoms with Crippen molar-refractivity contribution in [2.24, 2.45) is 5.92 Å². The molecule has 0 spiro atoms. The number of esters is 1. The van der Waals surface area contributed by atoms with Gasteiger partial charge in [-0.3, -0.25) is 9.59 Å². The first-order valence-corrected chi connectivity index (χ1v) is 10.7. The number of pyridine rings is 1. The summed E-state index contributed by atoms with van der Waals surface area (Å²) in [6.45, 7) is 4.93. The van der Waals surface area contributed by atoms with E-state index < -0.39 is 0 Å². The number of cyclic esters (lactones) is 1. The average Bonchev–Trinajstić information content (AvgIpc) is 2.68. The van der Waals surface area contributed by atoms with Gasteiger partial charge in [0.1, 0.15) is 5.82 Å². The van der Waals surface area contributed by atoms with Crippen molar-refractivity contribution in [3.05, 3.63) is 51.1 Å². The van der Waals surface area contributed by atoms with E-state index in [1.54, 1.807) is 18.3 Å². The summed E-state index contributed by atoms with van der Waals surface area (Å²) in [6, 6.07) is 7.34. The van der Waals surface area contributed by atoms with E-state index in [-0.39, 0.29) is 23.7 Å². The molecule has 2 N–H and O–H groups in total. The standard InChI is InChI=1S/C21H23BrClN3O3/c1-12(2)15-9-19(26-18-4-3-14(23)8-17(18)22)24-11-16(15)21(28)25-10-13-5-6-29-20(27)7-13/h3-4,8-9,11-13H,5-7,10H2,1-2H3,(H,24,26)(H,25,28). The summed E-state index contributed by atoms with van der Waals surface area (Å²) in [7, 11) is 0. The van der Waals surface area contributed by atoms with Crippen LogP contribution in [0.2, 0.25) is 5.02 Å². The molecule has 2 heterocycles. The number of benzene rings is 1. The Morgan fingerprint density at radius 1 is 1.38 bits per heavy atom. The molecule has 0 saturated carbocycles. The van der Waals surface area contributed by atoms with Crippen LogP contribution in [0.4, 0.5) is 11.5 Å². The smallest absolute Gasteiger partial charge is 0.306 e. The van der Waals surface area contributed by atoms with Crippen molar-refractivity contribution < 1.29 is 14.3 Å².